The van der Waals surface area contributed by atoms with E-state index in [0.717, 1.165) is 12.8 Å². The van der Waals surface area contributed by atoms with Crippen molar-refractivity contribution in [2.24, 2.45) is 22.7 Å². The fourth-order valence-corrected chi connectivity index (χ4v) is 6.60. The summed E-state index contributed by atoms with van der Waals surface area (Å²) in [7, 11) is 0. The van der Waals surface area contributed by atoms with Crippen LogP contribution in [0.5, 0.6) is 0 Å². The lowest BCUT2D eigenvalue weighted by Gasteiger charge is -2.47. The molecule has 2 heterocycles. The van der Waals surface area contributed by atoms with Crippen LogP contribution in [-0.2, 0) is 19.2 Å². The molecule has 3 rings (SSSR count). The van der Waals surface area contributed by atoms with Crippen molar-refractivity contribution in [2.45, 2.75) is 103 Å². The van der Waals surface area contributed by atoms with Crippen LogP contribution in [0.1, 0.15) is 73.1 Å². The van der Waals surface area contributed by atoms with Crippen LogP contribution in [0.2, 0.25) is 0 Å². The average molecular weight is 542 g/mol. The highest BCUT2D eigenvalue weighted by Gasteiger charge is 2.62. The minimum absolute atomic E-state index is 0.127. The van der Waals surface area contributed by atoms with E-state index in [1.54, 1.807) is 20.8 Å². The second-order valence-corrected chi connectivity index (χ2v) is 11.9. The van der Waals surface area contributed by atoms with Gasteiger partial charge in [0.25, 0.3) is 0 Å². The SMILES string of the molecule is CCC1(CC)C[C@@H]2C[C@H]1[C@@H](C(=O)N[C@H](C#N)C[C@@H]1CCNC1=O)N2C(=O)[C@@H](NC(=O)C(F)(F)F)C(C)(C)C. The molecule has 0 aromatic heterocycles. The fraction of sp³-hybridized carbons (Fsp3) is 0.808. The zero-order valence-electron chi connectivity index (χ0n) is 22.6. The van der Waals surface area contributed by atoms with E-state index in [1.807, 2.05) is 25.2 Å². The first-order chi connectivity index (χ1) is 17.6. The number of rotatable bonds is 8. The summed E-state index contributed by atoms with van der Waals surface area (Å²) in [6, 6.07) is -1.82. The van der Waals surface area contributed by atoms with Crippen LogP contribution in [0.25, 0.3) is 0 Å². The molecule has 0 radical (unpaired) electrons. The predicted molar refractivity (Wildman–Crippen MR) is 131 cm³/mol. The number of hydrogen-bond acceptors (Lipinski definition) is 5. The first kappa shape index (κ1) is 29.7. The van der Waals surface area contributed by atoms with Crippen LogP contribution in [0, 0.1) is 34.0 Å². The Hall–Kier alpha value is -2.84. The number of alkyl halides is 3. The van der Waals surface area contributed by atoms with E-state index in [1.165, 1.54) is 4.90 Å². The Morgan fingerprint density at radius 3 is 2.29 bits per heavy atom. The van der Waals surface area contributed by atoms with Crippen molar-refractivity contribution in [1.82, 2.24) is 20.9 Å². The number of nitrogens with zero attached hydrogens (tertiary/aromatic N) is 2. The fourth-order valence-electron chi connectivity index (χ4n) is 6.60. The van der Waals surface area contributed by atoms with Gasteiger partial charge in [-0.15, -0.1) is 0 Å². The van der Waals surface area contributed by atoms with Gasteiger partial charge in [-0.25, -0.2) is 0 Å². The molecule has 1 saturated carbocycles. The maximum absolute atomic E-state index is 13.9. The van der Waals surface area contributed by atoms with E-state index in [9.17, 15) is 37.6 Å². The molecule has 3 fully saturated rings. The van der Waals surface area contributed by atoms with E-state index >= 15 is 0 Å². The Morgan fingerprint density at radius 2 is 1.82 bits per heavy atom. The molecule has 2 aliphatic heterocycles. The van der Waals surface area contributed by atoms with Crippen molar-refractivity contribution in [3.63, 3.8) is 0 Å². The molecule has 0 unspecified atom stereocenters. The number of piperidine rings is 1. The maximum atomic E-state index is 13.9. The van der Waals surface area contributed by atoms with Crippen molar-refractivity contribution in [1.29, 1.82) is 5.26 Å². The standard InChI is InChI=1S/C26H38F3N5O4/c1-6-25(7-2)12-16-11-17(25)18(21(36)32-15(13-30)10-14-8-9-31-20(14)35)34(16)22(37)19(24(3,4)5)33-23(38)26(27,28)29/h14-19H,6-12H2,1-5H3,(H,31,35)(H,32,36)(H,33,38)/t14-,15-,16-,17-,18-,19+/m0/s1. The van der Waals surface area contributed by atoms with Crippen LogP contribution in [0.3, 0.4) is 0 Å². The normalized spacial score (nSPS) is 27.9. The van der Waals surface area contributed by atoms with Gasteiger partial charge in [-0.1, -0.05) is 47.5 Å². The molecule has 12 heteroatoms. The molecule has 0 aromatic carbocycles. The van der Waals surface area contributed by atoms with Crippen LogP contribution in [0.4, 0.5) is 13.2 Å². The predicted octanol–water partition coefficient (Wildman–Crippen LogP) is 2.41. The van der Waals surface area contributed by atoms with Gasteiger partial charge in [0.15, 0.2) is 0 Å². The van der Waals surface area contributed by atoms with Crippen molar-refractivity contribution in [2.75, 3.05) is 6.54 Å². The highest BCUT2D eigenvalue weighted by Crippen LogP contribution is 2.57. The van der Waals surface area contributed by atoms with E-state index in [-0.39, 0.29) is 29.7 Å². The number of likely N-dealkylation sites (tertiary alicyclic amines) is 1. The summed E-state index contributed by atoms with van der Waals surface area (Å²) in [5, 5.41) is 17.0. The Balaban J connectivity index is 1.92. The summed E-state index contributed by atoms with van der Waals surface area (Å²) < 4.78 is 39.3. The van der Waals surface area contributed by atoms with Gasteiger partial charge in [-0.2, -0.15) is 18.4 Å². The van der Waals surface area contributed by atoms with Crippen LogP contribution in [0.15, 0.2) is 0 Å². The number of nitrogens with one attached hydrogen (secondary N) is 3. The smallest absolute Gasteiger partial charge is 0.356 e. The third kappa shape index (κ3) is 5.61. The third-order valence-electron chi connectivity index (χ3n) is 8.76. The number of amides is 4. The lowest BCUT2D eigenvalue weighted by Crippen LogP contribution is -2.64. The van der Waals surface area contributed by atoms with Gasteiger partial charge < -0.3 is 20.9 Å². The molecule has 0 spiro atoms. The summed E-state index contributed by atoms with van der Waals surface area (Å²) in [6.07, 6.45) is -1.86. The highest BCUT2D eigenvalue weighted by atomic mass is 19.4. The van der Waals surface area contributed by atoms with Crippen LogP contribution in [-0.4, -0.2) is 65.4 Å². The molecule has 38 heavy (non-hydrogen) atoms. The van der Waals surface area contributed by atoms with Crippen LogP contribution >= 0.6 is 0 Å². The van der Waals surface area contributed by atoms with Gasteiger partial charge in [0.1, 0.15) is 18.1 Å². The van der Waals surface area contributed by atoms with Crippen molar-refractivity contribution in [3.05, 3.63) is 0 Å². The minimum atomic E-state index is -5.17. The largest absolute Gasteiger partial charge is 0.471 e. The summed E-state index contributed by atoms with van der Waals surface area (Å²) in [6.45, 7) is 9.19. The second kappa shape index (κ2) is 10.7. The topological polar surface area (TPSA) is 131 Å². The minimum Gasteiger partial charge on any atom is -0.356 e. The molecule has 6 atom stereocenters. The molecule has 1 aliphatic carbocycles. The monoisotopic (exact) mass is 541 g/mol. The van der Waals surface area contributed by atoms with Crippen molar-refractivity contribution < 1.29 is 32.3 Å². The summed E-state index contributed by atoms with van der Waals surface area (Å²) in [5.41, 5.74) is -1.30. The van der Waals surface area contributed by atoms with E-state index in [2.05, 4.69) is 10.6 Å². The van der Waals surface area contributed by atoms with Gasteiger partial charge in [0.05, 0.1) is 6.07 Å². The zero-order chi connectivity index (χ0) is 28.6. The first-order valence-corrected chi connectivity index (χ1v) is 13.3. The first-order valence-electron chi connectivity index (χ1n) is 13.3. The molecule has 0 aromatic rings. The zero-order valence-corrected chi connectivity index (χ0v) is 22.6. The lowest BCUT2D eigenvalue weighted by molar-refractivity contribution is -0.176. The summed E-state index contributed by atoms with van der Waals surface area (Å²) >= 11 is 0. The van der Waals surface area contributed by atoms with Gasteiger partial charge >= 0.3 is 12.1 Å². The molecule has 4 amide bonds. The molecular weight excluding hydrogens is 503 g/mol. The quantitative estimate of drug-likeness (QED) is 0.434. The number of fused-ring (bicyclic) bond motifs is 2. The van der Waals surface area contributed by atoms with E-state index in [0.29, 0.717) is 25.8 Å². The molecule has 212 valence electrons. The number of carbonyl (C=O) groups excluding carboxylic acids is 4. The Bertz CT molecular complexity index is 998. The number of carbonyl (C=O) groups is 4. The molecule has 9 nitrogen and oxygen atoms in total. The van der Waals surface area contributed by atoms with Crippen LogP contribution < -0.4 is 16.0 Å². The average Bonchev–Trinajstić information content (AvgIpc) is 3.53. The van der Waals surface area contributed by atoms with E-state index < -0.39 is 53.4 Å². The molecule has 3 N–H and O–H groups in total. The molecule has 3 aliphatic rings. The third-order valence-corrected chi connectivity index (χ3v) is 8.76. The van der Waals surface area contributed by atoms with Gasteiger partial charge in [-0.05, 0) is 42.4 Å². The number of hydrogen-bond donors (Lipinski definition) is 3. The number of halogens is 3. The summed E-state index contributed by atoms with van der Waals surface area (Å²) in [5.74, 6) is -4.36. The van der Waals surface area contributed by atoms with Gasteiger partial charge in [0.2, 0.25) is 17.7 Å². The molecular formula is C26H38F3N5O4. The van der Waals surface area contributed by atoms with Crippen molar-refractivity contribution >= 4 is 23.6 Å². The van der Waals surface area contributed by atoms with Gasteiger partial charge in [0, 0.05) is 18.5 Å². The highest BCUT2D eigenvalue weighted by molar-refractivity contribution is 5.95. The Morgan fingerprint density at radius 1 is 1.18 bits per heavy atom. The maximum Gasteiger partial charge on any atom is 0.471 e. The van der Waals surface area contributed by atoms with Crippen molar-refractivity contribution in [3.8, 4) is 6.07 Å². The molecule has 2 bridgehead atoms. The van der Waals surface area contributed by atoms with Gasteiger partial charge in [-0.3, -0.25) is 19.2 Å². The second-order valence-electron chi connectivity index (χ2n) is 11.9. The Labute approximate surface area is 221 Å². The lowest BCUT2D eigenvalue weighted by atomic mass is 9.68. The van der Waals surface area contributed by atoms with E-state index in [4.69, 9.17) is 0 Å². The Kier molecular flexibility index (Phi) is 8.39. The molecule has 2 saturated heterocycles. The number of nitriles is 1. The summed E-state index contributed by atoms with van der Waals surface area (Å²) in [4.78, 5) is 52.8.